The average Bonchev–Trinajstić information content (AvgIpc) is 3.12. The molecule has 29 heavy (non-hydrogen) atoms. The molecule has 7 heteroatoms. The summed E-state index contributed by atoms with van der Waals surface area (Å²) < 4.78 is 6.39. The van der Waals surface area contributed by atoms with Gasteiger partial charge in [-0.1, -0.05) is 85.8 Å². The van der Waals surface area contributed by atoms with E-state index in [0.717, 1.165) is 10.1 Å². The molecule has 0 fully saturated rings. The van der Waals surface area contributed by atoms with Gasteiger partial charge < -0.3 is 4.74 Å². The molecule has 0 aliphatic rings. The van der Waals surface area contributed by atoms with Crippen molar-refractivity contribution < 1.29 is 9.53 Å². The molecular weight excluding hydrogens is 402 g/mol. The number of thioether (sulfide) groups is 1. The number of amides is 1. The zero-order chi connectivity index (χ0) is 20.9. The normalized spacial score (nSPS) is 11.3. The Kier molecular flexibility index (Phi) is 6.92. The summed E-state index contributed by atoms with van der Waals surface area (Å²) in [6.07, 6.45) is 0. The molecule has 0 aliphatic carbocycles. The summed E-state index contributed by atoms with van der Waals surface area (Å²) in [5.74, 6) is 1.23. The Morgan fingerprint density at radius 3 is 2.59 bits per heavy atom. The van der Waals surface area contributed by atoms with E-state index >= 15 is 0 Å². The van der Waals surface area contributed by atoms with Crippen molar-refractivity contribution in [2.45, 2.75) is 43.2 Å². The first-order chi connectivity index (χ1) is 13.8. The van der Waals surface area contributed by atoms with E-state index in [9.17, 15) is 4.79 Å². The molecule has 2 aromatic carbocycles. The largest absolute Gasteiger partial charge is 0.484 e. The number of carbonyl (C=O) groups is 1. The quantitative estimate of drug-likeness (QED) is 0.401. The Hall–Kier alpha value is -2.38. The summed E-state index contributed by atoms with van der Waals surface area (Å²) in [5, 5.41) is 11.4. The molecule has 1 aromatic heterocycles. The minimum atomic E-state index is -0.253. The first-order valence-electron chi connectivity index (χ1n) is 9.35. The van der Waals surface area contributed by atoms with Crippen LogP contribution < -0.4 is 10.1 Å². The molecule has 1 heterocycles. The summed E-state index contributed by atoms with van der Waals surface area (Å²) in [6.45, 7) is 8.48. The fraction of sp³-hybridized carbons (Fsp3) is 0.318. The van der Waals surface area contributed by atoms with Crippen LogP contribution in [0.3, 0.4) is 0 Å². The van der Waals surface area contributed by atoms with Gasteiger partial charge >= 0.3 is 0 Å². The second-order valence-corrected chi connectivity index (χ2v) is 9.96. The second kappa shape index (κ2) is 9.41. The van der Waals surface area contributed by atoms with Crippen molar-refractivity contribution >= 4 is 34.1 Å². The highest BCUT2D eigenvalue weighted by atomic mass is 32.2. The van der Waals surface area contributed by atoms with Crippen molar-refractivity contribution in [3.8, 4) is 5.75 Å². The van der Waals surface area contributed by atoms with Crippen molar-refractivity contribution in [2.24, 2.45) is 0 Å². The summed E-state index contributed by atoms with van der Waals surface area (Å²) in [7, 11) is 0. The molecule has 0 saturated heterocycles. The van der Waals surface area contributed by atoms with Crippen molar-refractivity contribution in [1.29, 1.82) is 0 Å². The van der Waals surface area contributed by atoms with Crippen LogP contribution in [0.2, 0.25) is 0 Å². The number of rotatable bonds is 7. The number of aromatic nitrogens is 2. The van der Waals surface area contributed by atoms with Gasteiger partial charge in [0.1, 0.15) is 5.75 Å². The molecule has 0 spiro atoms. The Morgan fingerprint density at radius 1 is 1.14 bits per heavy atom. The third kappa shape index (κ3) is 6.58. The SMILES string of the molecule is Cc1cccc(CSc2nnc(NC(=O)COc3ccc(C(C)(C)C)cc3)s2)c1. The van der Waals surface area contributed by atoms with Gasteiger partial charge in [0, 0.05) is 5.75 Å². The molecule has 0 unspecified atom stereocenters. The first kappa shape index (κ1) is 21.3. The molecule has 5 nitrogen and oxygen atoms in total. The lowest BCUT2D eigenvalue weighted by Crippen LogP contribution is -2.20. The van der Waals surface area contributed by atoms with Crippen LogP contribution in [-0.4, -0.2) is 22.7 Å². The number of hydrogen-bond acceptors (Lipinski definition) is 6. The Balaban J connectivity index is 1.46. The molecule has 0 aliphatic heterocycles. The summed E-state index contributed by atoms with van der Waals surface area (Å²) in [6, 6.07) is 16.2. The Labute approximate surface area is 179 Å². The zero-order valence-corrected chi connectivity index (χ0v) is 18.7. The van der Waals surface area contributed by atoms with Crippen molar-refractivity contribution in [2.75, 3.05) is 11.9 Å². The lowest BCUT2D eigenvalue weighted by atomic mass is 9.87. The fourth-order valence-electron chi connectivity index (χ4n) is 2.62. The highest BCUT2D eigenvalue weighted by Crippen LogP contribution is 2.28. The van der Waals surface area contributed by atoms with Gasteiger partial charge in [-0.2, -0.15) is 0 Å². The summed E-state index contributed by atoms with van der Waals surface area (Å²) >= 11 is 2.97. The number of benzene rings is 2. The van der Waals surface area contributed by atoms with Gasteiger partial charge in [0.15, 0.2) is 10.9 Å². The van der Waals surface area contributed by atoms with Gasteiger partial charge in [0.25, 0.3) is 5.91 Å². The maximum Gasteiger partial charge on any atom is 0.264 e. The standard InChI is InChI=1S/C22H25N3O2S2/c1-15-6-5-7-16(12-15)14-28-21-25-24-20(29-21)23-19(26)13-27-18-10-8-17(9-11-18)22(2,3)4/h5-12H,13-14H2,1-4H3,(H,23,24,26). The van der Waals surface area contributed by atoms with Crippen LogP contribution in [0.4, 0.5) is 5.13 Å². The van der Waals surface area contributed by atoms with Crippen LogP contribution in [0.15, 0.2) is 52.9 Å². The zero-order valence-electron chi connectivity index (χ0n) is 17.1. The molecule has 0 bridgehead atoms. The average molecular weight is 428 g/mol. The molecule has 3 aromatic rings. The van der Waals surface area contributed by atoms with Gasteiger partial charge in [-0.05, 0) is 35.6 Å². The van der Waals surface area contributed by atoms with E-state index in [4.69, 9.17) is 4.74 Å². The minimum absolute atomic E-state index is 0.0692. The molecule has 1 N–H and O–H groups in total. The minimum Gasteiger partial charge on any atom is -0.484 e. The highest BCUT2D eigenvalue weighted by Gasteiger charge is 2.14. The van der Waals surface area contributed by atoms with Crippen LogP contribution in [0.1, 0.15) is 37.5 Å². The van der Waals surface area contributed by atoms with Crippen LogP contribution in [0.5, 0.6) is 5.75 Å². The lowest BCUT2D eigenvalue weighted by molar-refractivity contribution is -0.118. The number of anilines is 1. The number of nitrogens with one attached hydrogen (secondary N) is 1. The smallest absolute Gasteiger partial charge is 0.264 e. The Morgan fingerprint density at radius 2 is 1.90 bits per heavy atom. The molecule has 152 valence electrons. The van der Waals surface area contributed by atoms with Crippen molar-refractivity contribution in [3.63, 3.8) is 0 Å². The topological polar surface area (TPSA) is 64.1 Å². The summed E-state index contributed by atoms with van der Waals surface area (Å²) in [4.78, 5) is 12.1. The van der Waals surface area contributed by atoms with Gasteiger partial charge in [-0.25, -0.2) is 0 Å². The number of nitrogens with zero attached hydrogens (tertiary/aromatic N) is 2. The van der Waals surface area contributed by atoms with Gasteiger partial charge in [0.2, 0.25) is 5.13 Å². The molecule has 0 atom stereocenters. The number of aryl methyl sites for hydroxylation is 1. The molecule has 1 amide bonds. The maximum atomic E-state index is 12.1. The lowest BCUT2D eigenvalue weighted by Gasteiger charge is -2.19. The van der Waals surface area contributed by atoms with Gasteiger partial charge in [0.05, 0.1) is 0 Å². The van der Waals surface area contributed by atoms with E-state index in [1.807, 2.05) is 30.3 Å². The van der Waals surface area contributed by atoms with Crippen molar-refractivity contribution in [1.82, 2.24) is 10.2 Å². The van der Waals surface area contributed by atoms with E-state index in [1.165, 1.54) is 28.0 Å². The van der Waals surface area contributed by atoms with Gasteiger partial charge in [-0.15, -0.1) is 10.2 Å². The van der Waals surface area contributed by atoms with E-state index < -0.39 is 0 Å². The first-order valence-corrected chi connectivity index (χ1v) is 11.1. The number of hydrogen-bond donors (Lipinski definition) is 1. The third-order valence-corrected chi connectivity index (χ3v) is 6.23. The summed E-state index contributed by atoms with van der Waals surface area (Å²) in [5.41, 5.74) is 3.78. The Bertz CT molecular complexity index is 963. The van der Waals surface area contributed by atoms with Crippen LogP contribution in [0.25, 0.3) is 0 Å². The molecule has 0 saturated carbocycles. The number of ether oxygens (including phenoxy) is 1. The monoisotopic (exact) mass is 427 g/mol. The van der Waals surface area contributed by atoms with E-state index in [1.54, 1.807) is 11.8 Å². The maximum absolute atomic E-state index is 12.1. The predicted octanol–water partition coefficient (Wildman–Crippen LogP) is 5.45. The molecule has 0 radical (unpaired) electrons. The van der Waals surface area contributed by atoms with Crippen LogP contribution in [0, 0.1) is 6.92 Å². The molecule has 3 rings (SSSR count). The van der Waals surface area contributed by atoms with Crippen LogP contribution >= 0.6 is 23.1 Å². The van der Waals surface area contributed by atoms with E-state index in [2.05, 4.69) is 61.4 Å². The predicted molar refractivity (Wildman–Crippen MR) is 120 cm³/mol. The molecular formula is C22H25N3O2S2. The van der Waals surface area contributed by atoms with Crippen molar-refractivity contribution in [3.05, 3.63) is 65.2 Å². The number of carbonyl (C=O) groups excluding carboxylic acids is 1. The van der Waals surface area contributed by atoms with Crippen LogP contribution in [-0.2, 0) is 16.0 Å². The fourth-order valence-corrected chi connectivity index (χ4v) is 4.33. The van der Waals surface area contributed by atoms with E-state index in [-0.39, 0.29) is 17.9 Å². The second-order valence-electron chi connectivity index (χ2n) is 7.76. The van der Waals surface area contributed by atoms with Gasteiger partial charge in [-0.3, -0.25) is 10.1 Å². The van der Waals surface area contributed by atoms with E-state index in [0.29, 0.717) is 10.9 Å². The third-order valence-electron chi connectivity index (χ3n) is 4.19. The highest BCUT2D eigenvalue weighted by molar-refractivity contribution is 8.00.